The number of amides is 1. The topological polar surface area (TPSA) is 78.7 Å². The summed E-state index contributed by atoms with van der Waals surface area (Å²) in [7, 11) is 1.79. The van der Waals surface area contributed by atoms with Crippen molar-refractivity contribution in [2.45, 2.75) is 44.4 Å². The Labute approximate surface area is 173 Å². The van der Waals surface area contributed by atoms with Crippen LogP contribution >= 0.6 is 0 Å². The maximum Gasteiger partial charge on any atom is 0.287 e. The number of hydrogen-bond acceptors (Lipinski definition) is 3. The third-order valence-electron chi connectivity index (χ3n) is 5.76. The van der Waals surface area contributed by atoms with Crippen LogP contribution in [0.2, 0.25) is 0 Å². The molecule has 156 valence electrons. The van der Waals surface area contributed by atoms with Gasteiger partial charge in [0.2, 0.25) is 0 Å². The van der Waals surface area contributed by atoms with Crippen LogP contribution in [0.25, 0.3) is 0 Å². The summed E-state index contributed by atoms with van der Waals surface area (Å²) < 4.78 is 5.21. The van der Waals surface area contributed by atoms with Gasteiger partial charge in [0, 0.05) is 37.7 Å². The molecule has 0 bridgehead atoms. The Morgan fingerprint density at radius 1 is 1.07 bits per heavy atom. The molecule has 2 aromatic rings. The lowest BCUT2D eigenvalue weighted by Crippen LogP contribution is -2.45. The molecule has 0 atom stereocenters. The van der Waals surface area contributed by atoms with Gasteiger partial charge in [0.05, 0.1) is 6.26 Å². The van der Waals surface area contributed by atoms with Crippen LogP contribution in [0, 0.1) is 6.92 Å². The number of benzene rings is 1. The predicted octanol–water partition coefficient (Wildman–Crippen LogP) is 3.38. The molecule has 1 amide bonds. The average Bonchev–Trinajstić information content (AvgIpc) is 3.40. The first-order chi connectivity index (χ1) is 14.1. The van der Waals surface area contributed by atoms with E-state index in [0.29, 0.717) is 12.3 Å². The van der Waals surface area contributed by atoms with Gasteiger partial charge in [0.1, 0.15) is 0 Å². The van der Waals surface area contributed by atoms with Crippen molar-refractivity contribution >= 4 is 11.9 Å². The molecule has 6 nitrogen and oxygen atoms in total. The van der Waals surface area contributed by atoms with E-state index in [9.17, 15) is 4.79 Å². The van der Waals surface area contributed by atoms with Crippen LogP contribution < -0.4 is 16.0 Å². The highest BCUT2D eigenvalue weighted by atomic mass is 16.3. The van der Waals surface area contributed by atoms with Crippen molar-refractivity contribution in [3.05, 3.63) is 59.5 Å². The fraction of sp³-hybridized carbons (Fsp3) is 0.478. The number of aryl methyl sites for hydroxylation is 1. The second-order valence-electron chi connectivity index (χ2n) is 7.75. The SMILES string of the molecule is CN=C(NCCCNC(=O)c1occc1C)NCC1(c2ccccc2)CCCC1. The van der Waals surface area contributed by atoms with Crippen molar-refractivity contribution in [2.75, 3.05) is 26.7 Å². The van der Waals surface area contributed by atoms with E-state index < -0.39 is 0 Å². The Balaban J connectivity index is 1.41. The lowest BCUT2D eigenvalue weighted by molar-refractivity contribution is 0.0925. The summed E-state index contributed by atoms with van der Waals surface area (Å²) >= 11 is 0. The Bertz CT molecular complexity index is 807. The number of rotatable bonds is 8. The first kappa shape index (κ1) is 21.0. The minimum atomic E-state index is -0.166. The molecule has 1 fully saturated rings. The summed E-state index contributed by atoms with van der Waals surface area (Å²) in [5.74, 6) is 1.03. The molecular weight excluding hydrogens is 364 g/mol. The van der Waals surface area contributed by atoms with Crippen LogP contribution in [0.4, 0.5) is 0 Å². The van der Waals surface area contributed by atoms with Gasteiger partial charge in [0.15, 0.2) is 11.7 Å². The van der Waals surface area contributed by atoms with Crippen molar-refractivity contribution in [3.63, 3.8) is 0 Å². The molecule has 1 saturated carbocycles. The maximum absolute atomic E-state index is 12.0. The van der Waals surface area contributed by atoms with Gasteiger partial charge in [-0.05, 0) is 37.8 Å². The smallest absolute Gasteiger partial charge is 0.287 e. The number of nitrogens with one attached hydrogen (secondary N) is 3. The normalized spacial score (nSPS) is 15.9. The Kier molecular flexibility index (Phi) is 7.33. The van der Waals surface area contributed by atoms with Crippen molar-refractivity contribution in [2.24, 2.45) is 4.99 Å². The lowest BCUT2D eigenvalue weighted by Gasteiger charge is -2.30. The molecule has 1 aromatic heterocycles. The molecule has 1 heterocycles. The summed E-state index contributed by atoms with van der Waals surface area (Å²) in [6.07, 6.45) is 7.30. The molecule has 29 heavy (non-hydrogen) atoms. The maximum atomic E-state index is 12.0. The molecule has 6 heteroatoms. The van der Waals surface area contributed by atoms with Crippen LogP contribution in [-0.4, -0.2) is 38.5 Å². The summed E-state index contributed by atoms with van der Waals surface area (Å²) in [6, 6.07) is 12.6. The van der Waals surface area contributed by atoms with Gasteiger partial charge in [-0.1, -0.05) is 43.2 Å². The number of carbonyl (C=O) groups is 1. The first-order valence-corrected chi connectivity index (χ1v) is 10.5. The molecule has 1 aliphatic carbocycles. The van der Waals surface area contributed by atoms with Crippen molar-refractivity contribution in [1.29, 1.82) is 0 Å². The van der Waals surface area contributed by atoms with Crippen LogP contribution in [0.1, 0.15) is 53.8 Å². The Morgan fingerprint density at radius 3 is 2.45 bits per heavy atom. The van der Waals surface area contributed by atoms with E-state index >= 15 is 0 Å². The van der Waals surface area contributed by atoms with Gasteiger partial charge in [-0.15, -0.1) is 0 Å². The van der Waals surface area contributed by atoms with E-state index in [1.807, 2.05) is 6.92 Å². The Morgan fingerprint density at radius 2 is 1.79 bits per heavy atom. The fourth-order valence-corrected chi connectivity index (χ4v) is 4.07. The third kappa shape index (κ3) is 5.40. The zero-order valence-corrected chi connectivity index (χ0v) is 17.5. The number of furan rings is 1. The monoisotopic (exact) mass is 396 g/mol. The minimum absolute atomic E-state index is 0.166. The van der Waals surface area contributed by atoms with Gasteiger partial charge in [-0.25, -0.2) is 0 Å². The summed E-state index contributed by atoms with van der Waals surface area (Å²) in [6.45, 7) is 4.06. The lowest BCUT2D eigenvalue weighted by atomic mass is 9.79. The van der Waals surface area contributed by atoms with Crippen LogP contribution in [0.15, 0.2) is 52.1 Å². The zero-order valence-electron chi connectivity index (χ0n) is 17.5. The molecule has 0 saturated heterocycles. The summed E-state index contributed by atoms with van der Waals surface area (Å²) in [5, 5.41) is 9.75. The van der Waals surface area contributed by atoms with E-state index in [1.165, 1.54) is 37.5 Å². The molecule has 0 radical (unpaired) electrons. The molecule has 1 aromatic carbocycles. The van der Waals surface area contributed by atoms with Crippen molar-refractivity contribution < 1.29 is 9.21 Å². The van der Waals surface area contributed by atoms with E-state index in [1.54, 1.807) is 13.1 Å². The predicted molar refractivity (Wildman–Crippen MR) is 116 cm³/mol. The van der Waals surface area contributed by atoms with Crippen molar-refractivity contribution in [3.8, 4) is 0 Å². The molecular formula is C23H32N4O2. The second-order valence-corrected chi connectivity index (χ2v) is 7.75. The highest BCUT2D eigenvalue weighted by Gasteiger charge is 2.35. The molecule has 3 N–H and O–H groups in total. The Hall–Kier alpha value is -2.76. The van der Waals surface area contributed by atoms with E-state index in [2.05, 4.69) is 51.3 Å². The minimum Gasteiger partial charge on any atom is -0.459 e. The fourth-order valence-electron chi connectivity index (χ4n) is 4.07. The van der Waals surface area contributed by atoms with E-state index in [-0.39, 0.29) is 11.3 Å². The summed E-state index contributed by atoms with van der Waals surface area (Å²) in [5.41, 5.74) is 2.45. The van der Waals surface area contributed by atoms with Gasteiger partial charge < -0.3 is 20.4 Å². The van der Waals surface area contributed by atoms with Crippen LogP contribution in [0.3, 0.4) is 0 Å². The van der Waals surface area contributed by atoms with Gasteiger partial charge in [0.25, 0.3) is 5.91 Å². The van der Waals surface area contributed by atoms with Gasteiger partial charge in [-0.3, -0.25) is 9.79 Å². The number of hydrogen-bond donors (Lipinski definition) is 3. The van der Waals surface area contributed by atoms with E-state index in [0.717, 1.165) is 31.0 Å². The zero-order chi connectivity index (χ0) is 20.5. The van der Waals surface area contributed by atoms with Crippen molar-refractivity contribution in [1.82, 2.24) is 16.0 Å². The average molecular weight is 397 g/mol. The number of aliphatic imine (C=N–C) groups is 1. The van der Waals surface area contributed by atoms with Crippen LogP contribution in [0.5, 0.6) is 0 Å². The third-order valence-corrected chi connectivity index (χ3v) is 5.76. The second kappa shape index (κ2) is 10.1. The highest BCUT2D eigenvalue weighted by molar-refractivity contribution is 5.92. The molecule has 3 rings (SSSR count). The van der Waals surface area contributed by atoms with Gasteiger partial charge >= 0.3 is 0 Å². The number of carbonyl (C=O) groups excluding carboxylic acids is 1. The van der Waals surface area contributed by atoms with Gasteiger partial charge in [-0.2, -0.15) is 0 Å². The molecule has 0 spiro atoms. The molecule has 1 aliphatic rings. The standard InChI is InChI=1S/C23H32N4O2/c1-18-11-16-29-20(18)21(28)25-14-8-15-26-22(24-2)27-17-23(12-6-7-13-23)19-9-4-3-5-10-19/h3-5,9-11,16H,6-8,12-15,17H2,1-2H3,(H,25,28)(H2,24,26,27). The first-order valence-electron chi connectivity index (χ1n) is 10.5. The molecule has 0 aliphatic heterocycles. The molecule has 0 unspecified atom stereocenters. The number of guanidine groups is 1. The summed E-state index contributed by atoms with van der Waals surface area (Å²) in [4.78, 5) is 16.4. The largest absolute Gasteiger partial charge is 0.459 e. The van der Waals surface area contributed by atoms with E-state index in [4.69, 9.17) is 4.42 Å². The number of nitrogens with zero attached hydrogens (tertiary/aromatic N) is 1. The highest BCUT2D eigenvalue weighted by Crippen LogP contribution is 2.40. The van der Waals surface area contributed by atoms with Crippen LogP contribution in [-0.2, 0) is 5.41 Å². The quantitative estimate of drug-likeness (QED) is 0.363.